The standard InChI is InChI=1S/C8H5Br2N3O2S2/c9-5-4-11-8(7(10)12-5)13-17(14,15)6-2-1-3-16-6/h1-4H,(H,11,13). The fourth-order valence-electron chi connectivity index (χ4n) is 1.01. The largest absolute Gasteiger partial charge is 0.272 e. The van der Waals surface area contributed by atoms with Gasteiger partial charge in [0.1, 0.15) is 8.81 Å². The minimum atomic E-state index is -3.58. The molecule has 1 N–H and O–H groups in total. The SMILES string of the molecule is O=S(=O)(Nc1ncc(Br)nc1Br)c1cccs1. The lowest BCUT2D eigenvalue weighted by atomic mass is 10.7. The normalized spacial score (nSPS) is 11.4. The van der Waals surface area contributed by atoms with E-state index in [1.54, 1.807) is 11.4 Å². The molecule has 2 aromatic heterocycles. The predicted octanol–water partition coefficient (Wildman–Crippen LogP) is 2.86. The summed E-state index contributed by atoms with van der Waals surface area (Å²) < 4.78 is 27.2. The zero-order valence-corrected chi connectivity index (χ0v) is 12.9. The first-order valence-electron chi connectivity index (χ1n) is 4.23. The quantitative estimate of drug-likeness (QED) is 0.862. The number of rotatable bonds is 3. The van der Waals surface area contributed by atoms with Gasteiger partial charge in [0.15, 0.2) is 10.4 Å². The van der Waals surface area contributed by atoms with Crippen LogP contribution in [0.15, 0.2) is 37.1 Å². The van der Waals surface area contributed by atoms with Crippen LogP contribution in [-0.2, 0) is 10.0 Å². The molecule has 0 radical (unpaired) electrons. The average molecular weight is 399 g/mol. The average Bonchev–Trinajstić information content (AvgIpc) is 2.76. The van der Waals surface area contributed by atoms with Gasteiger partial charge in [-0.05, 0) is 43.3 Å². The summed E-state index contributed by atoms with van der Waals surface area (Å²) in [7, 11) is -3.58. The molecule has 0 fully saturated rings. The van der Waals surface area contributed by atoms with Crippen molar-refractivity contribution in [3.8, 4) is 0 Å². The first kappa shape index (κ1) is 12.9. The minimum absolute atomic E-state index is 0.154. The highest BCUT2D eigenvalue weighted by Crippen LogP contribution is 2.24. The Hall–Kier alpha value is -0.510. The van der Waals surface area contributed by atoms with Crippen LogP contribution in [0.25, 0.3) is 0 Å². The molecule has 0 spiro atoms. The van der Waals surface area contributed by atoms with Crippen molar-refractivity contribution >= 4 is 59.0 Å². The molecule has 90 valence electrons. The molecule has 17 heavy (non-hydrogen) atoms. The predicted molar refractivity (Wildman–Crippen MR) is 72.6 cm³/mol. The van der Waals surface area contributed by atoms with Gasteiger partial charge in [-0.3, -0.25) is 4.72 Å². The van der Waals surface area contributed by atoms with Crippen LogP contribution in [0.3, 0.4) is 0 Å². The van der Waals surface area contributed by atoms with Gasteiger partial charge in [-0.15, -0.1) is 11.3 Å². The molecule has 0 saturated carbocycles. The second-order valence-corrected chi connectivity index (χ2v) is 7.29. The molecule has 0 aliphatic heterocycles. The molecule has 2 rings (SSSR count). The number of hydrogen-bond donors (Lipinski definition) is 1. The first-order chi connectivity index (χ1) is 7.99. The fourth-order valence-corrected chi connectivity index (χ4v) is 4.06. The number of anilines is 1. The van der Waals surface area contributed by atoms with Crippen molar-refractivity contribution < 1.29 is 8.42 Å². The van der Waals surface area contributed by atoms with E-state index in [9.17, 15) is 8.42 Å². The van der Waals surface area contributed by atoms with Gasteiger partial charge in [0.25, 0.3) is 10.0 Å². The summed E-state index contributed by atoms with van der Waals surface area (Å²) in [5.74, 6) is 0.154. The van der Waals surface area contributed by atoms with Crippen LogP contribution >= 0.6 is 43.2 Å². The van der Waals surface area contributed by atoms with Crippen LogP contribution in [0.5, 0.6) is 0 Å². The van der Waals surface area contributed by atoms with E-state index < -0.39 is 10.0 Å². The maximum absolute atomic E-state index is 11.9. The topological polar surface area (TPSA) is 72.0 Å². The Morgan fingerprint density at radius 2 is 2.12 bits per heavy atom. The molecule has 0 bridgehead atoms. The number of halogens is 2. The fraction of sp³-hybridized carbons (Fsp3) is 0. The van der Waals surface area contributed by atoms with Crippen LogP contribution in [-0.4, -0.2) is 18.4 Å². The van der Waals surface area contributed by atoms with E-state index in [-0.39, 0.29) is 10.0 Å². The van der Waals surface area contributed by atoms with Crippen molar-refractivity contribution in [2.45, 2.75) is 4.21 Å². The zero-order chi connectivity index (χ0) is 12.5. The summed E-state index contributed by atoms with van der Waals surface area (Å²) in [5, 5.41) is 1.69. The van der Waals surface area contributed by atoms with Crippen LogP contribution < -0.4 is 4.72 Å². The molecule has 0 aliphatic rings. The lowest BCUT2D eigenvalue weighted by molar-refractivity contribution is 0.603. The third kappa shape index (κ3) is 3.03. The number of aromatic nitrogens is 2. The highest BCUT2D eigenvalue weighted by Gasteiger charge is 2.17. The van der Waals surface area contributed by atoms with E-state index in [2.05, 4.69) is 46.5 Å². The maximum atomic E-state index is 11.9. The number of hydrogen-bond acceptors (Lipinski definition) is 5. The highest BCUT2D eigenvalue weighted by molar-refractivity contribution is 9.11. The van der Waals surface area contributed by atoms with E-state index >= 15 is 0 Å². The summed E-state index contributed by atoms with van der Waals surface area (Å²) >= 11 is 7.41. The Balaban J connectivity index is 2.33. The Bertz CT molecular complexity index is 628. The van der Waals surface area contributed by atoms with Gasteiger partial charge in [-0.25, -0.2) is 18.4 Å². The van der Waals surface area contributed by atoms with Crippen LogP contribution in [0.1, 0.15) is 0 Å². The summed E-state index contributed by atoms with van der Waals surface area (Å²) in [4.78, 5) is 7.92. The van der Waals surface area contributed by atoms with Gasteiger partial charge in [-0.1, -0.05) is 6.07 Å². The first-order valence-corrected chi connectivity index (χ1v) is 8.18. The van der Waals surface area contributed by atoms with Gasteiger partial charge in [0.05, 0.1) is 6.20 Å². The van der Waals surface area contributed by atoms with Gasteiger partial charge in [0.2, 0.25) is 0 Å². The van der Waals surface area contributed by atoms with E-state index in [4.69, 9.17) is 0 Å². The Labute approximate surface area is 119 Å². The monoisotopic (exact) mass is 397 g/mol. The molecule has 2 heterocycles. The minimum Gasteiger partial charge on any atom is -0.260 e. The Kier molecular flexibility index (Phi) is 3.81. The number of sulfonamides is 1. The third-order valence-corrected chi connectivity index (χ3v) is 5.36. The van der Waals surface area contributed by atoms with Gasteiger partial charge >= 0.3 is 0 Å². The summed E-state index contributed by atoms with van der Waals surface area (Å²) in [6.07, 6.45) is 1.41. The van der Waals surface area contributed by atoms with E-state index in [0.29, 0.717) is 9.21 Å². The molecule has 0 aromatic carbocycles. The lowest BCUT2D eigenvalue weighted by Gasteiger charge is -2.06. The van der Waals surface area contributed by atoms with Crippen molar-refractivity contribution in [3.63, 3.8) is 0 Å². The molecule has 9 heteroatoms. The van der Waals surface area contributed by atoms with Gasteiger partial charge in [0, 0.05) is 0 Å². The number of nitrogens with one attached hydrogen (secondary N) is 1. The molecule has 0 atom stereocenters. The van der Waals surface area contributed by atoms with E-state index in [1.807, 2.05) is 0 Å². The second kappa shape index (κ2) is 5.01. The van der Waals surface area contributed by atoms with Crippen molar-refractivity contribution in [2.75, 3.05) is 4.72 Å². The molecule has 5 nitrogen and oxygen atoms in total. The molecule has 0 aliphatic carbocycles. The van der Waals surface area contributed by atoms with Crippen LogP contribution in [0, 0.1) is 0 Å². The molecular weight excluding hydrogens is 394 g/mol. The van der Waals surface area contributed by atoms with Crippen molar-refractivity contribution in [1.29, 1.82) is 0 Å². The van der Waals surface area contributed by atoms with Crippen molar-refractivity contribution in [1.82, 2.24) is 9.97 Å². The zero-order valence-electron chi connectivity index (χ0n) is 8.09. The molecule has 0 saturated heterocycles. The molecular formula is C8H5Br2N3O2S2. The summed E-state index contributed by atoms with van der Waals surface area (Å²) in [6.45, 7) is 0. The number of nitrogens with zero attached hydrogens (tertiary/aromatic N) is 2. The second-order valence-electron chi connectivity index (χ2n) is 2.87. The highest BCUT2D eigenvalue weighted by atomic mass is 79.9. The Morgan fingerprint density at radius 1 is 1.35 bits per heavy atom. The molecule has 0 amide bonds. The van der Waals surface area contributed by atoms with Crippen molar-refractivity contribution in [2.24, 2.45) is 0 Å². The van der Waals surface area contributed by atoms with Gasteiger partial charge in [-0.2, -0.15) is 0 Å². The van der Waals surface area contributed by atoms with Crippen molar-refractivity contribution in [3.05, 3.63) is 32.9 Å². The lowest BCUT2D eigenvalue weighted by Crippen LogP contribution is -2.13. The molecule has 2 aromatic rings. The molecule has 0 unspecified atom stereocenters. The summed E-state index contributed by atoms with van der Waals surface area (Å²) in [6, 6.07) is 3.19. The Morgan fingerprint density at radius 3 is 2.71 bits per heavy atom. The summed E-state index contributed by atoms with van der Waals surface area (Å²) in [5.41, 5.74) is 0. The number of thiophene rings is 1. The smallest absolute Gasteiger partial charge is 0.260 e. The van der Waals surface area contributed by atoms with E-state index in [1.165, 1.54) is 12.3 Å². The third-order valence-electron chi connectivity index (χ3n) is 1.69. The van der Waals surface area contributed by atoms with Gasteiger partial charge < -0.3 is 0 Å². The maximum Gasteiger partial charge on any atom is 0.272 e. The van der Waals surface area contributed by atoms with Crippen LogP contribution in [0.4, 0.5) is 5.82 Å². The van der Waals surface area contributed by atoms with E-state index in [0.717, 1.165) is 11.3 Å². The van der Waals surface area contributed by atoms with Crippen LogP contribution in [0.2, 0.25) is 0 Å².